The minimum atomic E-state index is -0.358. The standard InChI is InChI=1S/C21H31N3O5/c1-5-18(23(11-8-13-27-2)19(25)15-29-4)20-22-17-10-7-6-9-16(17)21(26)24(20)12-14-28-3/h6-7,9-10,18H,5,8,11-15H2,1-4H3. The van der Waals surface area contributed by atoms with Gasteiger partial charge in [-0.2, -0.15) is 0 Å². The molecule has 160 valence electrons. The van der Waals surface area contributed by atoms with Crippen LogP contribution in [0.5, 0.6) is 0 Å². The van der Waals surface area contributed by atoms with Crippen LogP contribution in [-0.2, 0) is 25.5 Å². The van der Waals surface area contributed by atoms with Gasteiger partial charge in [0.25, 0.3) is 5.56 Å². The summed E-state index contributed by atoms with van der Waals surface area (Å²) in [5.74, 6) is 0.422. The lowest BCUT2D eigenvalue weighted by molar-refractivity contribution is -0.138. The molecule has 0 bridgehead atoms. The second-order valence-electron chi connectivity index (χ2n) is 6.73. The molecule has 1 aromatic heterocycles. The van der Waals surface area contributed by atoms with Crippen LogP contribution in [0.3, 0.4) is 0 Å². The highest BCUT2D eigenvalue weighted by molar-refractivity contribution is 5.79. The van der Waals surface area contributed by atoms with E-state index in [1.165, 1.54) is 7.11 Å². The van der Waals surface area contributed by atoms with Crippen molar-refractivity contribution in [1.82, 2.24) is 14.5 Å². The first-order valence-electron chi connectivity index (χ1n) is 9.84. The van der Waals surface area contributed by atoms with E-state index in [1.807, 2.05) is 25.1 Å². The zero-order valence-corrected chi connectivity index (χ0v) is 17.7. The second kappa shape index (κ2) is 11.6. The van der Waals surface area contributed by atoms with Crippen molar-refractivity contribution in [1.29, 1.82) is 0 Å². The SMILES string of the molecule is CCC(c1nc2ccccc2c(=O)n1CCOC)N(CCCOC)C(=O)COC. The van der Waals surface area contributed by atoms with E-state index < -0.39 is 0 Å². The Bertz CT molecular complexity index is 852. The predicted molar refractivity (Wildman–Crippen MR) is 111 cm³/mol. The molecule has 1 heterocycles. The van der Waals surface area contributed by atoms with Gasteiger partial charge in [-0.05, 0) is 25.0 Å². The Morgan fingerprint density at radius 1 is 1.14 bits per heavy atom. The van der Waals surface area contributed by atoms with Crippen LogP contribution in [0.2, 0.25) is 0 Å². The molecular weight excluding hydrogens is 374 g/mol. The molecule has 0 saturated heterocycles. The van der Waals surface area contributed by atoms with E-state index in [1.54, 1.807) is 29.8 Å². The fraction of sp³-hybridized carbons (Fsp3) is 0.571. The molecule has 2 aromatic rings. The smallest absolute Gasteiger partial charge is 0.261 e. The molecule has 1 aromatic carbocycles. The highest BCUT2D eigenvalue weighted by Crippen LogP contribution is 2.24. The highest BCUT2D eigenvalue weighted by atomic mass is 16.5. The summed E-state index contributed by atoms with van der Waals surface area (Å²) in [5, 5.41) is 0.552. The molecule has 29 heavy (non-hydrogen) atoms. The Balaban J connectivity index is 2.57. The van der Waals surface area contributed by atoms with Gasteiger partial charge in [-0.3, -0.25) is 14.2 Å². The lowest BCUT2D eigenvalue weighted by Gasteiger charge is -2.32. The fourth-order valence-corrected chi connectivity index (χ4v) is 3.42. The van der Waals surface area contributed by atoms with Crippen molar-refractivity contribution >= 4 is 16.8 Å². The molecule has 0 aliphatic carbocycles. The van der Waals surface area contributed by atoms with Gasteiger partial charge >= 0.3 is 0 Å². The number of amides is 1. The lowest BCUT2D eigenvalue weighted by atomic mass is 10.1. The number of hydrogen-bond acceptors (Lipinski definition) is 6. The monoisotopic (exact) mass is 405 g/mol. The van der Waals surface area contributed by atoms with Crippen LogP contribution in [0.4, 0.5) is 0 Å². The Labute approximate surface area is 171 Å². The van der Waals surface area contributed by atoms with E-state index >= 15 is 0 Å². The molecule has 8 nitrogen and oxygen atoms in total. The Kier molecular flexibility index (Phi) is 9.24. The zero-order valence-electron chi connectivity index (χ0n) is 17.7. The third kappa shape index (κ3) is 5.62. The average molecular weight is 405 g/mol. The third-order valence-corrected chi connectivity index (χ3v) is 4.81. The van der Waals surface area contributed by atoms with Crippen molar-refractivity contribution in [3.05, 3.63) is 40.4 Å². The zero-order chi connectivity index (χ0) is 21.2. The number of rotatable bonds is 12. The first-order valence-corrected chi connectivity index (χ1v) is 9.84. The van der Waals surface area contributed by atoms with Crippen LogP contribution in [0.25, 0.3) is 10.9 Å². The van der Waals surface area contributed by atoms with E-state index in [-0.39, 0.29) is 24.1 Å². The number of carbonyl (C=O) groups excluding carboxylic acids is 1. The number of methoxy groups -OCH3 is 3. The first-order chi connectivity index (χ1) is 14.1. The molecule has 8 heteroatoms. The van der Waals surface area contributed by atoms with Gasteiger partial charge in [-0.25, -0.2) is 4.98 Å². The fourth-order valence-electron chi connectivity index (χ4n) is 3.42. The molecule has 0 aliphatic heterocycles. The molecule has 0 saturated carbocycles. The van der Waals surface area contributed by atoms with E-state index in [4.69, 9.17) is 19.2 Å². The summed E-state index contributed by atoms with van der Waals surface area (Å²) in [6.07, 6.45) is 1.29. The molecule has 0 N–H and O–H groups in total. The topological polar surface area (TPSA) is 82.9 Å². The van der Waals surface area contributed by atoms with Crippen LogP contribution in [-0.4, -0.2) is 68.1 Å². The largest absolute Gasteiger partial charge is 0.385 e. The Morgan fingerprint density at radius 3 is 2.52 bits per heavy atom. The third-order valence-electron chi connectivity index (χ3n) is 4.81. The van der Waals surface area contributed by atoms with Crippen molar-refractivity contribution in [2.24, 2.45) is 0 Å². The maximum absolute atomic E-state index is 13.2. The number of para-hydroxylation sites is 1. The molecule has 0 fully saturated rings. The van der Waals surface area contributed by atoms with E-state index in [0.717, 1.165) is 0 Å². The van der Waals surface area contributed by atoms with Crippen LogP contribution in [0.15, 0.2) is 29.1 Å². The van der Waals surface area contributed by atoms with Gasteiger partial charge in [-0.1, -0.05) is 19.1 Å². The summed E-state index contributed by atoms with van der Waals surface area (Å²) in [6, 6.07) is 6.90. The Morgan fingerprint density at radius 2 is 1.86 bits per heavy atom. The van der Waals surface area contributed by atoms with Crippen molar-refractivity contribution in [3.63, 3.8) is 0 Å². The van der Waals surface area contributed by atoms with Crippen molar-refractivity contribution in [3.8, 4) is 0 Å². The number of nitrogens with zero attached hydrogens (tertiary/aromatic N) is 3. The number of aromatic nitrogens is 2. The molecular formula is C21H31N3O5. The molecule has 1 atom stereocenters. The normalized spacial score (nSPS) is 12.3. The number of fused-ring (bicyclic) bond motifs is 1. The van der Waals surface area contributed by atoms with Gasteiger partial charge in [0.05, 0.1) is 30.1 Å². The number of ether oxygens (including phenoxy) is 3. The average Bonchev–Trinajstić information content (AvgIpc) is 2.73. The summed E-state index contributed by atoms with van der Waals surface area (Å²) >= 11 is 0. The molecule has 2 rings (SSSR count). The summed E-state index contributed by atoms with van der Waals surface area (Å²) in [6.45, 7) is 3.72. The molecule has 0 aliphatic rings. The predicted octanol–water partition coefficient (Wildman–Crippen LogP) is 2.01. The molecule has 0 spiro atoms. The summed E-state index contributed by atoms with van der Waals surface area (Å²) in [5.41, 5.74) is 0.493. The Hall–Kier alpha value is -2.29. The van der Waals surface area contributed by atoms with Gasteiger partial charge in [0.1, 0.15) is 12.4 Å². The second-order valence-corrected chi connectivity index (χ2v) is 6.73. The molecule has 1 amide bonds. The summed E-state index contributed by atoms with van der Waals surface area (Å²) < 4.78 is 17.1. The lowest BCUT2D eigenvalue weighted by Crippen LogP contribution is -2.41. The quantitative estimate of drug-likeness (QED) is 0.503. The van der Waals surface area contributed by atoms with Crippen LogP contribution >= 0.6 is 0 Å². The number of carbonyl (C=O) groups is 1. The van der Waals surface area contributed by atoms with Gasteiger partial charge < -0.3 is 19.1 Å². The van der Waals surface area contributed by atoms with Crippen LogP contribution in [0, 0.1) is 0 Å². The highest BCUT2D eigenvalue weighted by Gasteiger charge is 2.28. The van der Waals surface area contributed by atoms with E-state index in [9.17, 15) is 9.59 Å². The van der Waals surface area contributed by atoms with Gasteiger partial charge in [0.15, 0.2) is 0 Å². The van der Waals surface area contributed by atoms with Crippen molar-refractivity contribution in [2.75, 3.05) is 47.7 Å². The number of hydrogen-bond donors (Lipinski definition) is 0. The number of benzene rings is 1. The van der Waals surface area contributed by atoms with Gasteiger partial charge in [0, 0.05) is 34.5 Å². The van der Waals surface area contributed by atoms with Crippen molar-refractivity contribution < 1.29 is 19.0 Å². The van der Waals surface area contributed by atoms with Crippen molar-refractivity contribution in [2.45, 2.75) is 32.4 Å². The maximum Gasteiger partial charge on any atom is 0.261 e. The summed E-state index contributed by atoms with van der Waals surface area (Å²) in [4.78, 5) is 32.5. The van der Waals surface area contributed by atoms with E-state index in [2.05, 4.69) is 0 Å². The maximum atomic E-state index is 13.2. The minimum absolute atomic E-state index is 0.0284. The molecule has 1 unspecified atom stereocenters. The summed E-state index contributed by atoms with van der Waals surface area (Å²) in [7, 11) is 4.72. The van der Waals surface area contributed by atoms with Gasteiger partial charge in [0.2, 0.25) is 5.91 Å². The first kappa shape index (κ1) is 23.0. The van der Waals surface area contributed by atoms with E-state index in [0.29, 0.717) is 55.9 Å². The van der Waals surface area contributed by atoms with Crippen LogP contribution < -0.4 is 5.56 Å². The van der Waals surface area contributed by atoms with Gasteiger partial charge in [-0.15, -0.1) is 0 Å². The molecule has 0 radical (unpaired) electrons. The van der Waals surface area contributed by atoms with Crippen LogP contribution in [0.1, 0.15) is 31.6 Å². The minimum Gasteiger partial charge on any atom is -0.385 e.